The van der Waals surface area contributed by atoms with Crippen molar-refractivity contribution in [2.45, 2.75) is 13.3 Å². The number of benzene rings is 1. The van der Waals surface area contributed by atoms with Gasteiger partial charge in [-0.25, -0.2) is 0 Å². The van der Waals surface area contributed by atoms with Crippen molar-refractivity contribution < 1.29 is 9.47 Å². The van der Waals surface area contributed by atoms with Gasteiger partial charge in [0.25, 0.3) is 0 Å². The second-order valence-electron chi connectivity index (χ2n) is 4.36. The highest BCUT2D eigenvalue weighted by molar-refractivity contribution is 7.17. The molecule has 0 saturated carbocycles. The van der Waals surface area contributed by atoms with Crippen molar-refractivity contribution in [1.82, 2.24) is 5.32 Å². The van der Waals surface area contributed by atoms with Gasteiger partial charge in [-0.3, -0.25) is 0 Å². The van der Waals surface area contributed by atoms with E-state index in [9.17, 15) is 0 Å². The van der Waals surface area contributed by atoms with Crippen molar-refractivity contribution in [3.05, 3.63) is 23.1 Å². The summed E-state index contributed by atoms with van der Waals surface area (Å²) in [5, 5.41) is 6.91. The molecule has 3 rings (SSSR count). The molecule has 0 unspecified atom stereocenters. The highest BCUT2D eigenvalue weighted by Gasteiger charge is 2.15. The fraction of sp³-hybridized carbons (Fsp3) is 0.429. The SMILES string of the molecule is CCNCCc1csc2cc3c(cc12)OCCO3. The molecule has 1 aromatic carbocycles. The fourth-order valence-corrected chi connectivity index (χ4v) is 3.22. The van der Waals surface area contributed by atoms with Gasteiger partial charge in [0.15, 0.2) is 11.5 Å². The summed E-state index contributed by atoms with van der Waals surface area (Å²) in [4.78, 5) is 0. The molecule has 96 valence electrons. The van der Waals surface area contributed by atoms with Gasteiger partial charge in [0.05, 0.1) is 0 Å². The minimum atomic E-state index is 0.648. The third-order valence-corrected chi connectivity index (χ3v) is 4.13. The maximum absolute atomic E-state index is 5.65. The molecule has 1 aromatic heterocycles. The molecule has 0 amide bonds. The lowest BCUT2D eigenvalue weighted by atomic mass is 10.1. The Bertz CT molecular complexity index is 550. The largest absolute Gasteiger partial charge is 0.486 e. The summed E-state index contributed by atoms with van der Waals surface area (Å²) in [5.74, 6) is 1.77. The molecule has 0 radical (unpaired) electrons. The summed E-state index contributed by atoms with van der Waals surface area (Å²) < 4.78 is 12.5. The van der Waals surface area contributed by atoms with E-state index in [1.807, 2.05) is 0 Å². The molecule has 0 aliphatic carbocycles. The number of hydrogen-bond acceptors (Lipinski definition) is 4. The molecule has 2 aromatic rings. The summed E-state index contributed by atoms with van der Waals surface area (Å²) in [6.07, 6.45) is 1.06. The van der Waals surface area contributed by atoms with Gasteiger partial charge in [-0.1, -0.05) is 6.92 Å². The van der Waals surface area contributed by atoms with E-state index >= 15 is 0 Å². The molecule has 4 heteroatoms. The van der Waals surface area contributed by atoms with Crippen molar-refractivity contribution in [2.24, 2.45) is 0 Å². The topological polar surface area (TPSA) is 30.5 Å². The molecule has 1 aliphatic heterocycles. The van der Waals surface area contributed by atoms with E-state index in [2.05, 4.69) is 29.8 Å². The van der Waals surface area contributed by atoms with Crippen LogP contribution in [0.4, 0.5) is 0 Å². The predicted molar refractivity (Wildman–Crippen MR) is 75.1 cm³/mol. The Morgan fingerprint density at radius 2 is 2.00 bits per heavy atom. The molecule has 0 spiro atoms. The number of fused-ring (bicyclic) bond motifs is 2. The zero-order valence-electron chi connectivity index (χ0n) is 10.5. The average Bonchev–Trinajstić information content (AvgIpc) is 2.79. The monoisotopic (exact) mass is 263 g/mol. The van der Waals surface area contributed by atoms with E-state index in [1.165, 1.54) is 15.6 Å². The third-order valence-electron chi connectivity index (χ3n) is 3.14. The Hall–Kier alpha value is -1.26. The first-order valence-electron chi connectivity index (χ1n) is 6.39. The van der Waals surface area contributed by atoms with Crippen LogP contribution < -0.4 is 14.8 Å². The van der Waals surface area contributed by atoms with Gasteiger partial charge in [0, 0.05) is 10.8 Å². The first kappa shape index (κ1) is 11.8. The Morgan fingerprint density at radius 1 is 1.22 bits per heavy atom. The number of likely N-dealkylation sites (N-methyl/N-ethyl adjacent to an activating group) is 1. The Kier molecular flexibility index (Phi) is 3.39. The van der Waals surface area contributed by atoms with Crippen LogP contribution >= 0.6 is 11.3 Å². The maximum atomic E-state index is 5.65. The number of thiophene rings is 1. The summed E-state index contributed by atoms with van der Waals surface area (Å²) >= 11 is 1.78. The van der Waals surface area contributed by atoms with Crippen LogP contribution in [0.1, 0.15) is 12.5 Å². The highest BCUT2D eigenvalue weighted by atomic mass is 32.1. The normalized spacial score (nSPS) is 14.1. The second-order valence-corrected chi connectivity index (χ2v) is 5.27. The van der Waals surface area contributed by atoms with E-state index < -0.39 is 0 Å². The van der Waals surface area contributed by atoms with Gasteiger partial charge in [0.2, 0.25) is 0 Å². The van der Waals surface area contributed by atoms with Crippen LogP contribution in [-0.4, -0.2) is 26.3 Å². The zero-order chi connectivity index (χ0) is 12.4. The second kappa shape index (κ2) is 5.16. The van der Waals surface area contributed by atoms with Crippen molar-refractivity contribution in [3.63, 3.8) is 0 Å². The number of hydrogen-bond donors (Lipinski definition) is 1. The van der Waals surface area contributed by atoms with Gasteiger partial charge < -0.3 is 14.8 Å². The Labute approximate surface area is 111 Å². The Balaban J connectivity index is 1.92. The molecule has 18 heavy (non-hydrogen) atoms. The zero-order valence-corrected chi connectivity index (χ0v) is 11.3. The van der Waals surface area contributed by atoms with Crippen molar-refractivity contribution >= 4 is 21.4 Å². The van der Waals surface area contributed by atoms with Crippen LogP contribution in [0.15, 0.2) is 17.5 Å². The summed E-state index contributed by atoms with van der Waals surface area (Å²) in [7, 11) is 0. The lowest BCUT2D eigenvalue weighted by Gasteiger charge is -2.18. The van der Waals surface area contributed by atoms with Gasteiger partial charge >= 0.3 is 0 Å². The van der Waals surface area contributed by atoms with E-state index in [-0.39, 0.29) is 0 Å². The quantitative estimate of drug-likeness (QED) is 0.860. The molecule has 0 bridgehead atoms. The van der Waals surface area contributed by atoms with Crippen LogP contribution in [0.25, 0.3) is 10.1 Å². The van der Waals surface area contributed by atoms with Crippen molar-refractivity contribution in [3.8, 4) is 11.5 Å². The Morgan fingerprint density at radius 3 is 2.78 bits per heavy atom. The molecular weight excluding hydrogens is 246 g/mol. The molecule has 2 heterocycles. The molecule has 0 saturated heterocycles. The number of ether oxygens (including phenoxy) is 2. The lowest BCUT2D eigenvalue weighted by Crippen LogP contribution is -2.16. The molecule has 3 nitrogen and oxygen atoms in total. The molecule has 0 fully saturated rings. The van der Waals surface area contributed by atoms with Crippen LogP contribution in [-0.2, 0) is 6.42 Å². The molecule has 1 N–H and O–H groups in total. The number of nitrogens with one attached hydrogen (secondary N) is 1. The lowest BCUT2D eigenvalue weighted by molar-refractivity contribution is 0.172. The standard InChI is InChI=1S/C14H17NO2S/c1-2-15-4-3-10-9-18-14-8-13-12(7-11(10)14)16-5-6-17-13/h7-9,15H,2-6H2,1H3. The van der Waals surface area contributed by atoms with Gasteiger partial charge in [0.1, 0.15) is 13.2 Å². The van der Waals surface area contributed by atoms with Crippen LogP contribution in [0.5, 0.6) is 11.5 Å². The van der Waals surface area contributed by atoms with Crippen LogP contribution in [0, 0.1) is 0 Å². The van der Waals surface area contributed by atoms with E-state index in [0.29, 0.717) is 13.2 Å². The van der Waals surface area contributed by atoms with Gasteiger partial charge in [-0.15, -0.1) is 11.3 Å². The summed E-state index contributed by atoms with van der Waals surface area (Å²) in [6, 6.07) is 4.23. The summed E-state index contributed by atoms with van der Waals surface area (Å²) in [6.45, 7) is 5.48. The van der Waals surface area contributed by atoms with Gasteiger partial charge in [-0.2, -0.15) is 0 Å². The minimum Gasteiger partial charge on any atom is -0.486 e. The first-order chi connectivity index (χ1) is 8.88. The highest BCUT2D eigenvalue weighted by Crippen LogP contribution is 2.38. The summed E-state index contributed by atoms with van der Waals surface area (Å²) in [5.41, 5.74) is 1.40. The van der Waals surface area contributed by atoms with Crippen molar-refractivity contribution in [2.75, 3.05) is 26.3 Å². The third kappa shape index (κ3) is 2.18. The fourth-order valence-electron chi connectivity index (χ4n) is 2.21. The first-order valence-corrected chi connectivity index (χ1v) is 7.27. The van der Waals surface area contributed by atoms with E-state index in [1.54, 1.807) is 11.3 Å². The van der Waals surface area contributed by atoms with Crippen molar-refractivity contribution in [1.29, 1.82) is 0 Å². The molecule has 0 atom stereocenters. The minimum absolute atomic E-state index is 0.648. The van der Waals surface area contributed by atoms with Crippen LogP contribution in [0.2, 0.25) is 0 Å². The van der Waals surface area contributed by atoms with E-state index in [4.69, 9.17) is 9.47 Å². The van der Waals surface area contributed by atoms with Crippen LogP contribution in [0.3, 0.4) is 0 Å². The van der Waals surface area contributed by atoms with E-state index in [0.717, 1.165) is 31.0 Å². The number of rotatable bonds is 4. The average molecular weight is 263 g/mol. The molecular formula is C14H17NO2S. The van der Waals surface area contributed by atoms with Gasteiger partial charge in [-0.05, 0) is 41.9 Å². The molecule has 1 aliphatic rings. The maximum Gasteiger partial charge on any atom is 0.162 e. The smallest absolute Gasteiger partial charge is 0.162 e. The predicted octanol–water partition coefficient (Wildman–Crippen LogP) is 2.82.